The topological polar surface area (TPSA) is 59.1 Å². The minimum absolute atomic E-state index is 0.0996. The molecule has 5 heteroatoms. The predicted octanol–water partition coefficient (Wildman–Crippen LogP) is 1.08. The van der Waals surface area contributed by atoms with E-state index in [9.17, 15) is 8.42 Å². The van der Waals surface area contributed by atoms with E-state index < -0.39 is 10.0 Å². The Morgan fingerprint density at radius 1 is 1.43 bits per heavy atom. The van der Waals surface area contributed by atoms with Crippen LogP contribution in [0.5, 0.6) is 0 Å². The van der Waals surface area contributed by atoms with Gasteiger partial charge < -0.3 is 0 Å². The van der Waals surface area contributed by atoms with Crippen LogP contribution in [0.25, 0.3) is 0 Å². The summed E-state index contributed by atoms with van der Waals surface area (Å²) in [7, 11) is -3.14. The molecule has 0 fully saturated rings. The smallest absolute Gasteiger partial charge is 0.211 e. The van der Waals surface area contributed by atoms with Gasteiger partial charge in [-0.3, -0.25) is 4.98 Å². The van der Waals surface area contributed by atoms with E-state index in [-0.39, 0.29) is 11.8 Å². The number of nitrogens with zero attached hydrogens (tertiary/aromatic N) is 1. The van der Waals surface area contributed by atoms with Crippen molar-refractivity contribution in [1.82, 2.24) is 9.71 Å². The van der Waals surface area contributed by atoms with Crippen molar-refractivity contribution >= 4 is 10.0 Å². The summed E-state index contributed by atoms with van der Waals surface area (Å²) in [4.78, 5) is 3.87. The maximum absolute atomic E-state index is 11.3. The summed E-state index contributed by atoms with van der Waals surface area (Å²) in [6.07, 6.45) is 3.29. The molecule has 14 heavy (non-hydrogen) atoms. The Balaban J connectivity index is 2.74. The van der Waals surface area contributed by atoms with Gasteiger partial charge >= 0.3 is 0 Å². The lowest BCUT2D eigenvalue weighted by Gasteiger charge is -2.12. The zero-order valence-corrected chi connectivity index (χ0v) is 9.08. The third-order valence-electron chi connectivity index (χ3n) is 1.94. The van der Waals surface area contributed by atoms with E-state index in [0.29, 0.717) is 0 Å². The van der Waals surface area contributed by atoms with Gasteiger partial charge in [0.2, 0.25) is 10.0 Å². The fourth-order valence-electron chi connectivity index (χ4n) is 1.07. The average molecular weight is 214 g/mol. The Bertz CT molecular complexity index is 375. The Kier molecular flexibility index (Phi) is 3.60. The molecule has 1 rings (SSSR count). The second kappa shape index (κ2) is 4.52. The van der Waals surface area contributed by atoms with Gasteiger partial charge in [-0.05, 0) is 31.5 Å². The van der Waals surface area contributed by atoms with Crippen LogP contribution in [0.1, 0.15) is 25.5 Å². The van der Waals surface area contributed by atoms with E-state index in [0.717, 1.165) is 5.56 Å². The number of rotatable bonds is 4. The molecule has 4 nitrogen and oxygen atoms in total. The number of hydrogen-bond acceptors (Lipinski definition) is 3. The summed E-state index contributed by atoms with van der Waals surface area (Å²) >= 11 is 0. The summed E-state index contributed by atoms with van der Waals surface area (Å²) in [6, 6.07) is 3.38. The molecule has 1 heterocycles. The number of pyridine rings is 1. The predicted molar refractivity (Wildman–Crippen MR) is 55.2 cm³/mol. The largest absolute Gasteiger partial charge is 0.265 e. The van der Waals surface area contributed by atoms with Gasteiger partial charge in [0.25, 0.3) is 0 Å². The second-order valence-corrected chi connectivity index (χ2v) is 5.07. The SMILES string of the molecule is CCS(=O)(=O)NC(C)c1ccncc1. The van der Waals surface area contributed by atoms with Crippen LogP contribution < -0.4 is 4.72 Å². The van der Waals surface area contributed by atoms with Crippen LogP contribution in [0, 0.1) is 0 Å². The minimum Gasteiger partial charge on any atom is -0.265 e. The molecule has 0 bridgehead atoms. The van der Waals surface area contributed by atoms with Crippen LogP contribution >= 0.6 is 0 Å². The van der Waals surface area contributed by atoms with Gasteiger partial charge in [0.1, 0.15) is 0 Å². The van der Waals surface area contributed by atoms with Crippen molar-refractivity contribution in [2.24, 2.45) is 0 Å². The first-order valence-electron chi connectivity index (χ1n) is 4.45. The first kappa shape index (κ1) is 11.1. The Labute approximate surface area is 84.4 Å². The van der Waals surface area contributed by atoms with Gasteiger partial charge in [-0.15, -0.1) is 0 Å². The van der Waals surface area contributed by atoms with Gasteiger partial charge in [-0.2, -0.15) is 0 Å². The highest BCUT2D eigenvalue weighted by molar-refractivity contribution is 7.89. The van der Waals surface area contributed by atoms with Crippen molar-refractivity contribution in [3.05, 3.63) is 30.1 Å². The number of nitrogens with one attached hydrogen (secondary N) is 1. The van der Waals surface area contributed by atoms with Gasteiger partial charge in [0.15, 0.2) is 0 Å². The minimum atomic E-state index is -3.14. The normalized spacial score (nSPS) is 13.9. The number of sulfonamides is 1. The quantitative estimate of drug-likeness (QED) is 0.816. The standard InChI is InChI=1S/C9H14N2O2S/c1-3-14(12,13)11-8(2)9-4-6-10-7-5-9/h4-8,11H,3H2,1-2H3. The van der Waals surface area contributed by atoms with Crippen LogP contribution in [0.2, 0.25) is 0 Å². The molecule has 0 aliphatic rings. The summed E-state index contributed by atoms with van der Waals surface area (Å²) < 4.78 is 25.1. The summed E-state index contributed by atoms with van der Waals surface area (Å²) in [5.41, 5.74) is 0.914. The van der Waals surface area contributed by atoms with Crippen LogP contribution in [-0.2, 0) is 10.0 Å². The zero-order chi connectivity index (χ0) is 10.6. The number of aromatic nitrogens is 1. The molecule has 1 aromatic heterocycles. The lowest BCUT2D eigenvalue weighted by atomic mass is 10.1. The van der Waals surface area contributed by atoms with Crippen molar-refractivity contribution in [3.8, 4) is 0 Å². The summed E-state index contributed by atoms with van der Waals surface area (Å²) in [5, 5.41) is 0. The molecule has 0 spiro atoms. The zero-order valence-electron chi connectivity index (χ0n) is 8.27. The Hall–Kier alpha value is -0.940. The van der Waals surface area contributed by atoms with Crippen molar-refractivity contribution in [2.75, 3.05) is 5.75 Å². The highest BCUT2D eigenvalue weighted by Gasteiger charge is 2.12. The first-order chi connectivity index (χ1) is 6.55. The molecule has 0 amide bonds. The van der Waals surface area contributed by atoms with E-state index in [1.54, 1.807) is 31.5 Å². The fourth-order valence-corrected chi connectivity index (χ4v) is 1.91. The lowest BCUT2D eigenvalue weighted by Crippen LogP contribution is -2.28. The van der Waals surface area contributed by atoms with Crippen molar-refractivity contribution in [2.45, 2.75) is 19.9 Å². The first-order valence-corrected chi connectivity index (χ1v) is 6.10. The second-order valence-electron chi connectivity index (χ2n) is 3.02. The lowest BCUT2D eigenvalue weighted by molar-refractivity contribution is 0.568. The monoisotopic (exact) mass is 214 g/mol. The van der Waals surface area contributed by atoms with Crippen molar-refractivity contribution in [3.63, 3.8) is 0 Å². The van der Waals surface area contributed by atoms with Crippen molar-refractivity contribution in [1.29, 1.82) is 0 Å². The maximum atomic E-state index is 11.3. The average Bonchev–Trinajstić information content (AvgIpc) is 2.19. The van der Waals surface area contributed by atoms with E-state index in [1.807, 2.05) is 6.92 Å². The molecule has 1 N–H and O–H groups in total. The van der Waals surface area contributed by atoms with Crippen LogP contribution in [0.15, 0.2) is 24.5 Å². The van der Waals surface area contributed by atoms with E-state index >= 15 is 0 Å². The van der Waals surface area contributed by atoms with Crippen LogP contribution in [0.3, 0.4) is 0 Å². The third-order valence-corrected chi connectivity index (χ3v) is 3.42. The molecular weight excluding hydrogens is 200 g/mol. The van der Waals surface area contributed by atoms with Gasteiger partial charge in [0, 0.05) is 18.4 Å². The summed E-state index contributed by atoms with van der Waals surface area (Å²) in [5.74, 6) is 0.0996. The Morgan fingerprint density at radius 3 is 2.50 bits per heavy atom. The molecule has 0 radical (unpaired) electrons. The molecule has 78 valence electrons. The van der Waals surface area contributed by atoms with E-state index in [2.05, 4.69) is 9.71 Å². The molecule has 0 aromatic carbocycles. The third kappa shape index (κ3) is 3.08. The van der Waals surface area contributed by atoms with Crippen LogP contribution in [0.4, 0.5) is 0 Å². The van der Waals surface area contributed by atoms with Crippen molar-refractivity contribution < 1.29 is 8.42 Å². The van der Waals surface area contributed by atoms with Crippen LogP contribution in [-0.4, -0.2) is 19.2 Å². The van der Waals surface area contributed by atoms with E-state index in [4.69, 9.17) is 0 Å². The molecule has 1 aromatic rings. The highest BCUT2D eigenvalue weighted by Crippen LogP contribution is 2.11. The highest BCUT2D eigenvalue weighted by atomic mass is 32.2. The molecule has 0 saturated heterocycles. The Morgan fingerprint density at radius 2 is 2.00 bits per heavy atom. The molecule has 1 unspecified atom stereocenters. The fraction of sp³-hybridized carbons (Fsp3) is 0.444. The molecule has 1 atom stereocenters. The van der Waals surface area contributed by atoms with Gasteiger partial charge in [-0.25, -0.2) is 13.1 Å². The molecule has 0 aliphatic carbocycles. The molecule has 0 aliphatic heterocycles. The maximum Gasteiger partial charge on any atom is 0.211 e. The van der Waals surface area contributed by atoms with E-state index in [1.165, 1.54) is 0 Å². The van der Waals surface area contributed by atoms with Gasteiger partial charge in [-0.1, -0.05) is 0 Å². The molecule has 0 saturated carbocycles. The number of hydrogen-bond donors (Lipinski definition) is 1. The van der Waals surface area contributed by atoms with Gasteiger partial charge in [0.05, 0.1) is 5.75 Å². The summed E-state index contributed by atoms with van der Waals surface area (Å²) in [6.45, 7) is 3.42. The molecular formula is C9H14N2O2S.